The Kier molecular flexibility index (Phi) is 6.47. The minimum atomic E-state index is 0.457. The molecule has 0 radical (unpaired) electrons. The second-order valence-electron chi connectivity index (χ2n) is 4.83. The highest BCUT2D eigenvalue weighted by molar-refractivity contribution is 5.42. The van der Waals surface area contributed by atoms with Gasteiger partial charge in [-0.05, 0) is 26.7 Å². The molecule has 0 fully saturated rings. The Morgan fingerprint density at radius 1 is 1.22 bits per heavy atom. The van der Waals surface area contributed by atoms with Gasteiger partial charge in [0.1, 0.15) is 5.82 Å². The van der Waals surface area contributed by atoms with Crippen LogP contribution in [0.1, 0.15) is 52.1 Å². The SMILES string of the molecule is CCCCC(C)Nc1cc(C)nc(NCCC)n1. The van der Waals surface area contributed by atoms with Crippen molar-refractivity contribution in [2.24, 2.45) is 0 Å². The summed E-state index contributed by atoms with van der Waals surface area (Å²) in [4.78, 5) is 8.86. The summed E-state index contributed by atoms with van der Waals surface area (Å²) in [6.07, 6.45) is 4.74. The van der Waals surface area contributed by atoms with Crippen molar-refractivity contribution in [3.63, 3.8) is 0 Å². The predicted molar refractivity (Wildman–Crippen MR) is 78.2 cm³/mol. The minimum absolute atomic E-state index is 0.457. The standard InChI is InChI=1S/C14H26N4/c1-5-7-8-11(3)16-13-10-12(4)17-14(18-13)15-9-6-2/h10-11H,5-9H2,1-4H3,(H2,15,16,17,18). The molecule has 1 aromatic rings. The molecule has 0 aromatic carbocycles. The van der Waals surface area contributed by atoms with Crippen LogP contribution in [-0.2, 0) is 0 Å². The lowest BCUT2D eigenvalue weighted by Gasteiger charge is -2.15. The Morgan fingerprint density at radius 3 is 2.67 bits per heavy atom. The van der Waals surface area contributed by atoms with Gasteiger partial charge in [0.15, 0.2) is 0 Å². The fourth-order valence-corrected chi connectivity index (χ4v) is 1.79. The average molecular weight is 250 g/mol. The predicted octanol–water partition coefficient (Wildman–Crippen LogP) is 3.60. The third kappa shape index (κ3) is 5.34. The van der Waals surface area contributed by atoms with Crippen molar-refractivity contribution in [1.82, 2.24) is 9.97 Å². The smallest absolute Gasteiger partial charge is 0.224 e. The van der Waals surface area contributed by atoms with E-state index in [1.54, 1.807) is 0 Å². The van der Waals surface area contributed by atoms with Gasteiger partial charge in [0.05, 0.1) is 0 Å². The number of aromatic nitrogens is 2. The van der Waals surface area contributed by atoms with Crippen LogP contribution in [0.25, 0.3) is 0 Å². The van der Waals surface area contributed by atoms with Gasteiger partial charge in [-0.1, -0.05) is 26.7 Å². The van der Waals surface area contributed by atoms with Gasteiger partial charge in [-0.3, -0.25) is 0 Å². The van der Waals surface area contributed by atoms with Crippen LogP contribution in [0.15, 0.2) is 6.07 Å². The number of unbranched alkanes of at least 4 members (excludes halogenated alkanes) is 1. The Hall–Kier alpha value is -1.32. The van der Waals surface area contributed by atoms with Gasteiger partial charge in [0.25, 0.3) is 0 Å². The third-order valence-electron chi connectivity index (χ3n) is 2.77. The molecule has 4 nitrogen and oxygen atoms in total. The van der Waals surface area contributed by atoms with Gasteiger partial charge in [0.2, 0.25) is 5.95 Å². The minimum Gasteiger partial charge on any atom is -0.367 e. The first kappa shape index (κ1) is 14.7. The molecule has 0 aliphatic heterocycles. The molecule has 0 saturated heterocycles. The van der Waals surface area contributed by atoms with E-state index in [9.17, 15) is 0 Å². The van der Waals surface area contributed by atoms with Gasteiger partial charge in [0, 0.05) is 24.3 Å². The number of anilines is 2. The van der Waals surface area contributed by atoms with Gasteiger partial charge < -0.3 is 10.6 Å². The second-order valence-corrected chi connectivity index (χ2v) is 4.83. The molecule has 18 heavy (non-hydrogen) atoms. The van der Waals surface area contributed by atoms with E-state index in [0.29, 0.717) is 6.04 Å². The van der Waals surface area contributed by atoms with Crippen molar-refractivity contribution < 1.29 is 0 Å². The zero-order chi connectivity index (χ0) is 13.4. The second kappa shape index (κ2) is 7.90. The van der Waals surface area contributed by atoms with Crippen LogP contribution in [0, 0.1) is 6.92 Å². The van der Waals surface area contributed by atoms with E-state index in [1.807, 2.05) is 13.0 Å². The number of nitrogens with zero attached hydrogens (tertiary/aromatic N) is 2. The Balaban J connectivity index is 2.61. The maximum Gasteiger partial charge on any atom is 0.224 e. The van der Waals surface area contributed by atoms with E-state index in [2.05, 4.69) is 41.4 Å². The van der Waals surface area contributed by atoms with Crippen LogP contribution in [0.2, 0.25) is 0 Å². The molecular weight excluding hydrogens is 224 g/mol. The van der Waals surface area contributed by atoms with Crippen molar-refractivity contribution in [3.8, 4) is 0 Å². The maximum absolute atomic E-state index is 4.49. The fraction of sp³-hybridized carbons (Fsp3) is 0.714. The highest BCUT2D eigenvalue weighted by atomic mass is 15.1. The van der Waals surface area contributed by atoms with Crippen LogP contribution >= 0.6 is 0 Å². The molecule has 1 rings (SSSR count). The summed E-state index contributed by atoms with van der Waals surface area (Å²) in [6, 6.07) is 2.46. The molecule has 0 aliphatic carbocycles. The molecule has 0 bridgehead atoms. The lowest BCUT2D eigenvalue weighted by molar-refractivity contribution is 0.643. The van der Waals surface area contributed by atoms with Gasteiger partial charge in [-0.15, -0.1) is 0 Å². The first-order chi connectivity index (χ1) is 8.65. The van der Waals surface area contributed by atoms with Gasteiger partial charge in [-0.25, -0.2) is 4.98 Å². The summed E-state index contributed by atoms with van der Waals surface area (Å²) >= 11 is 0. The maximum atomic E-state index is 4.49. The highest BCUT2D eigenvalue weighted by Gasteiger charge is 2.05. The zero-order valence-electron chi connectivity index (χ0n) is 12.1. The average Bonchev–Trinajstić information content (AvgIpc) is 2.33. The summed E-state index contributed by atoms with van der Waals surface area (Å²) < 4.78 is 0. The number of hydrogen-bond acceptors (Lipinski definition) is 4. The summed E-state index contributed by atoms with van der Waals surface area (Å²) in [5, 5.41) is 6.67. The van der Waals surface area contributed by atoms with Crippen LogP contribution in [0.3, 0.4) is 0 Å². The molecule has 2 N–H and O–H groups in total. The summed E-state index contributed by atoms with van der Waals surface area (Å²) in [6.45, 7) is 9.46. The molecule has 1 aromatic heterocycles. The molecule has 102 valence electrons. The first-order valence-corrected chi connectivity index (χ1v) is 7.01. The lowest BCUT2D eigenvalue weighted by atomic mass is 10.1. The van der Waals surface area contributed by atoms with Crippen LogP contribution in [0.5, 0.6) is 0 Å². The van der Waals surface area contributed by atoms with Crippen LogP contribution < -0.4 is 10.6 Å². The van der Waals surface area contributed by atoms with E-state index in [1.165, 1.54) is 19.3 Å². The van der Waals surface area contributed by atoms with Gasteiger partial charge >= 0.3 is 0 Å². The van der Waals surface area contributed by atoms with E-state index < -0.39 is 0 Å². The molecular formula is C14H26N4. The summed E-state index contributed by atoms with van der Waals surface area (Å²) in [5.41, 5.74) is 0.994. The molecule has 0 spiro atoms. The van der Waals surface area contributed by atoms with Crippen molar-refractivity contribution in [1.29, 1.82) is 0 Å². The van der Waals surface area contributed by atoms with Crippen molar-refractivity contribution in [2.45, 2.75) is 59.4 Å². The monoisotopic (exact) mass is 250 g/mol. The summed E-state index contributed by atoms with van der Waals surface area (Å²) in [5.74, 6) is 1.65. The summed E-state index contributed by atoms with van der Waals surface area (Å²) in [7, 11) is 0. The normalized spacial score (nSPS) is 12.2. The molecule has 4 heteroatoms. The molecule has 0 aliphatic rings. The topological polar surface area (TPSA) is 49.8 Å². The Morgan fingerprint density at radius 2 is 2.00 bits per heavy atom. The lowest BCUT2D eigenvalue weighted by Crippen LogP contribution is -2.17. The Bertz CT molecular complexity index is 352. The molecule has 1 unspecified atom stereocenters. The molecule has 0 saturated carbocycles. The molecule has 0 amide bonds. The van der Waals surface area contributed by atoms with Gasteiger partial charge in [-0.2, -0.15) is 4.98 Å². The number of aryl methyl sites for hydroxylation is 1. The third-order valence-corrected chi connectivity index (χ3v) is 2.77. The number of nitrogens with one attached hydrogen (secondary N) is 2. The quantitative estimate of drug-likeness (QED) is 0.740. The van der Waals surface area contributed by atoms with E-state index >= 15 is 0 Å². The Labute approximate surface area is 111 Å². The van der Waals surface area contributed by atoms with Crippen molar-refractivity contribution in [3.05, 3.63) is 11.8 Å². The van der Waals surface area contributed by atoms with Crippen molar-refractivity contribution in [2.75, 3.05) is 17.2 Å². The highest BCUT2D eigenvalue weighted by Crippen LogP contribution is 2.12. The first-order valence-electron chi connectivity index (χ1n) is 7.01. The molecule has 1 heterocycles. The van der Waals surface area contributed by atoms with Crippen LogP contribution in [-0.4, -0.2) is 22.6 Å². The number of rotatable bonds is 8. The van der Waals surface area contributed by atoms with E-state index in [-0.39, 0.29) is 0 Å². The zero-order valence-corrected chi connectivity index (χ0v) is 12.1. The van der Waals surface area contributed by atoms with Crippen molar-refractivity contribution >= 4 is 11.8 Å². The van der Waals surface area contributed by atoms with E-state index in [0.717, 1.165) is 30.4 Å². The molecule has 1 atom stereocenters. The fourth-order valence-electron chi connectivity index (χ4n) is 1.79. The van der Waals surface area contributed by atoms with E-state index in [4.69, 9.17) is 0 Å². The largest absolute Gasteiger partial charge is 0.367 e. The van der Waals surface area contributed by atoms with Crippen LogP contribution in [0.4, 0.5) is 11.8 Å². The number of hydrogen-bond donors (Lipinski definition) is 2.